The highest BCUT2D eigenvalue weighted by Crippen LogP contribution is 2.39. The summed E-state index contributed by atoms with van der Waals surface area (Å²) < 4.78 is 29.5. The molecular formula is C40H41F2N5O2. The van der Waals surface area contributed by atoms with Crippen molar-refractivity contribution in [2.24, 2.45) is 0 Å². The van der Waals surface area contributed by atoms with E-state index in [2.05, 4.69) is 46.7 Å². The average molecular weight is 662 g/mol. The zero-order valence-electron chi connectivity index (χ0n) is 27.4. The minimum atomic E-state index is -3.42. The summed E-state index contributed by atoms with van der Waals surface area (Å²) in [5.74, 6) is -2.74. The molecule has 1 amide bonds. The van der Waals surface area contributed by atoms with Crippen molar-refractivity contribution in [3.05, 3.63) is 162 Å². The number of nitrogens with zero attached hydrogens (tertiary/aromatic N) is 5. The van der Waals surface area contributed by atoms with Crippen LogP contribution in [0.2, 0.25) is 0 Å². The summed E-state index contributed by atoms with van der Waals surface area (Å²) in [6.45, 7) is 0.543. The SMILES string of the molecule is O=C1CC[C@H](/C=C/[C@@H](O)C(F)(F)c2ccccc2)N1CCCCCCc1nnn(C(c2ccccc2)(c2ccccc2)c2ccccc2)n1. The largest absolute Gasteiger partial charge is 0.382 e. The maximum Gasteiger partial charge on any atom is 0.302 e. The van der Waals surface area contributed by atoms with Crippen LogP contribution in [0.15, 0.2) is 133 Å². The topological polar surface area (TPSA) is 84.1 Å². The average Bonchev–Trinajstić information content (AvgIpc) is 3.77. The standard InChI is InChI=1S/C40H41F2N5O2/c41-40(42,34-23-13-6-14-24-34)36(48)28-26-35-27-29-38(49)46(35)30-16-2-1-15-25-37-43-45-47(44-37)39(31-17-7-3-8-18-31,32-19-9-4-10-20-32)33-21-11-5-12-22-33/h3-14,17-24,26,28,35-36,48H,1-2,15-16,25,27,29-30H2/b28-26+/t35-,36+/m0/s1. The van der Waals surface area contributed by atoms with Crippen LogP contribution >= 0.6 is 0 Å². The van der Waals surface area contributed by atoms with E-state index in [4.69, 9.17) is 5.10 Å². The Morgan fingerprint density at radius 1 is 0.755 bits per heavy atom. The number of tetrazole rings is 1. The molecule has 252 valence electrons. The van der Waals surface area contributed by atoms with Crippen LogP contribution in [0.5, 0.6) is 0 Å². The molecule has 0 radical (unpaired) electrons. The number of hydrogen-bond acceptors (Lipinski definition) is 5. The van der Waals surface area contributed by atoms with Crippen molar-refractivity contribution < 1.29 is 18.7 Å². The molecule has 1 aliphatic rings. The lowest BCUT2D eigenvalue weighted by Crippen LogP contribution is -2.39. The van der Waals surface area contributed by atoms with Crippen LogP contribution in [0.4, 0.5) is 8.78 Å². The maximum atomic E-state index is 14.7. The Kier molecular flexibility index (Phi) is 10.7. The molecule has 0 unspecified atom stereocenters. The number of alkyl halides is 2. The second-order valence-corrected chi connectivity index (χ2v) is 12.5. The molecule has 0 bridgehead atoms. The number of aliphatic hydroxyl groups is 1. The number of benzene rings is 4. The van der Waals surface area contributed by atoms with Crippen LogP contribution in [0.1, 0.15) is 66.6 Å². The summed E-state index contributed by atoms with van der Waals surface area (Å²) in [6.07, 6.45) is 5.76. The quantitative estimate of drug-likeness (QED) is 0.0723. The smallest absolute Gasteiger partial charge is 0.302 e. The van der Waals surface area contributed by atoms with Crippen molar-refractivity contribution in [3.63, 3.8) is 0 Å². The van der Waals surface area contributed by atoms with Gasteiger partial charge in [-0.1, -0.05) is 146 Å². The fourth-order valence-corrected chi connectivity index (χ4v) is 6.72. The van der Waals surface area contributed by atoms with Gasteiger partial charge in [0.2, 0.25) is 5.91 Å². The summed E-state index contributed by atoms with van der Waals surface area (Å²) in [7, 11) is 0. The number of aryl methyl sites for hydroxylation is 1. The number of carbonyl (C=O) groups is 1. The van der Waals surface area contributed by atoms with Crippen LogP contribution < -0.4 is 0 Å². The minimum absolute atomic E-state index is 0.0125. The molecule has 4 aromatic carbocycles. The van der Waals surface area contributed by atoms with Crippen LogP contribution in [-0.2, 0) is 22.7 Å². The summed E-state index contributed by atoms with van der Waals surface area (Å²) in [6, 6.07) is 37.7. The van der Waals surface area contributed by atoms with Gasteiger partial charge in [0, 0.05) is 24.9 Å². The fraction of sp³-hybridized carbons (Fsp3) is 0.300. The second-order valence-electron chi connectivity index (χ2n) is 12.5. The normalized spacial score (nSPS) is 16.0. The lowest BCUT2D eigenvalue weighted by molar-refractivity contribution is -0.128. The zero-order chi connectivity index (χ0) is 34.1. The lowest BCUT2D eigenvalue weighted by atomic mass is 9.77. The molecule has 1 fully saturated rings. The van der Waals surface area contributed by atoms with E-state index in [1.165, 1.54) is 24.3 Å². The molecule has 7 nitrogen and oxygen atoms in total. The molecule has 2 atom stereocenters. The fourth-order valence-electron chi connectivity index (χ4n) is 6.72. The number of likely N-dealkylation sites (tertiary alicyclic amines) is 1. The summed E-state index contributed by atoms with van der Waals surface area (Å²) >= 11 is 0. The van der Waals surface area contributed by atoms with Gasteiger partial charge in [-0.3, -0.25) is 4.79 Å². The first-order valence-corrected chi connectivity index (χ1v) is 17.0. The van der Waals surface area contributed by atoms with Gasteiger partial charge in [0.05, 0.1) is 6.04 Å². The molecule has 1 aliphatic heterocycles. The van der Waals surface area contributed by atoms with Crippen LogP contribution in [0, 0.1) is 0 Å². The molecular weight excluding hydrogens is 620 g/mol. The number of aromatic nitrogens is 4. The van der Waals surface area contributed by atoms with E-state index in [0.29, 0.717) is 31.6 Å². The first kappa shape index (κ1) is 33.9. The number of hydrogen-bond donors (Lipinski definition) is 1. The van der Waals surface area contributed by atoms with Crippen molar-refractivity contribution in [3.8, 4) is 0 Å². The molecule has 9 heteroatoms. The van der Waals surface area contributed by atoms with Crippen molar-refractivity contribution in [1.29, 1.82) is 0 Å². The lowest BCUT2D eigenvalue weighted by Gasteiger charge is -2.34. The van der Waals surface area contributed by atoms with Gasteiger partial charge in [0.25, 0.3) is 0 Å². The van der Waals surface area contributed by atoms with Crippen molar-refractivity contribution in [2.45, 2.75) is 68.6 Å². The van der Waals surface area contributed by atoms with Gasteiger partial charge in [-0.25, -0.2) is 0 Å². The summed E-state index contributed by atoms with van der Waals surface area (Å²) in [4.78, 5) is 16.1. The first-order chi connectivity index (χ1) is 23.9. The van der Waals surface area contributed by atoms with Crippen LogP contribution in [-0.4, -0.2) is 54.8 Å². The Hall–Kier alpha value is -5.02. The van der Waals surface area contributed by atoms with E-state index >= 15 is 0 Å². The predicted molar refractivity (Wildman–Crippen MR) is 185 cm³/mol. The zero-order valence-corrected chi connectivity index (χ0v) is 27.4. The number of halogens is 2. The molecule has 0 aliphatic carbocycles. The third kappa shape index (κ3) is 7.37. The third-order valence-corrected chi connectivity index (χ3v) is 9.30. The molecule has 0 saturated carbocycles. The Bertz CT molecular complexity index is 1700. The Balaban J connectivity index is 1.06. The predicted octanol–water partition coefficient (Wildman–Crippen LogP) is 7.32. The Morgan fingerprint density at radius 2 is 1.27 bits per heavy atom. The van der Waals surface area contributed by atoms with Gasteiger partial charge >= 0.3 is 5.92 Å². The number of carbonyl (C=O) groups excluding carboxylic acids is 1. The van der Waals surface area contributed by atoms with Gasteiger partial charge in [-0.05, 0) is 41.2 Å². The summed E-state index contributed by atoms with van der Waals surface area (Å²) in [5.41, 5.74) is 2.03. The maximum absolute atomic E-state index is 14.7. The summed E-state index contributed by atoms with van der Waals surface area (Å²) in [5, 5.41) is 24.3. The van der Waals surface area contributed by atoms with Gasteiger partial charge in [0.15, 0.2) is 11.4 Å². The molecule has 5 aromatic rings. The van der Waals surface area contributed by atoms with E-state index in [9.17, 15) is 18.7 Å². The highest BCUT2D eigenvalue weighted by Gasteiger charge is 2.41. The first-order valence-electron chi connectivity index (χ1n) is 17.0. The van der Waals surface area contributed by atoms with Gasteiger partial charge in [0.1, 0.15) is 6.10 Å². The van der Waals surface area contributed by atoms with Crippen molar-refractivity contribution in [1.82, 2.24) is 25.1 Å². The Morgan fingerprint density at radius 3 is 1.82 bits per heavy atom. The number of aliphatic hydroxyl groups excluding tert-OH is 1. The van der Waals surface area contributed by atoms with Crippen molar-refractivity contribution >= 4 is 5.91 Å². The molecule has 6 rings (SSSR count). The van der Waals surface area contributed by atoms with Gasteiger partial charge in [-0.2, -0.15) is 8.78 Å². The van der Waals surface area contributed by atoms with E-state index in [1.807, 2.05) is 54.6 Å². The number of rotatable bonds is 15. The molecule has 0 spiro atoms. The van der Waals surface area contributed by atoms with Crippen LogP contribution in [0.25, 0.3) is 0 Å². The third-order valence-electron chi connectivity index (χ3n) is 9.30. The highest BCUT2D eigenvalue weighted by molar-refractivity contribution is 5.79. The second kappa shape index (κ2) is 15.5. The number of amides is 1. The molecule has 2 heterocycles. The van der Waals surface area contributed by atoms with E-state index in [-0.39, 0.29) is 17.5 Å². The van der Waals surface area contributed by atoms with Crippen molar-refractivity contribution in [2.75, 3.05) is 6.54 Å². The van der Waals surface area contributed by atoms with E-state index in [0.717, 1.165) is 48.4 Å². The molecule has 1 N–H and O–H groups in total. The van der Waals surface area contributed by atoms with Crippen LogP contribution in [0.3, 0.4) is 0 Å². The molecule has 1 saturated heterocycles. The molecule has 49 heavy (non-hydrogen) atoms. The van der Waals surface area contributed by atoms with E-state index < -0.39 is 17.6 Å². The Labute approximate surface area is 285 Å². The monoisotopic (exact) mass is 661 g/mol. The number of unbranched alkanes of at least 4 members (excludes halogenated alkanes) is 3. The highest BCUT2D eigenvalue weighted by atomic mass is 19.3. The minimum Gasteiger partial charge on any atom is -0.382 e. The molecule has 1 aromatic heterocycles. The van der Waals surface area contributed by atoms with E-state index in [1.54, 1.807) is 21.8 Å². The van der Waals surface area contributed by atoms with Gasteiger partial charge in [-0.15, -0.1) is 15.0 Å². The van der Waals surface area contributed by atoms with Gasteiger partial charge < -0.3 is 10.0 Å².